The fourth-order valence-corrected chi connectivity index (χ4v) is 3.73. The molecular weight excluding hydrogens is 324 g/mol. The first-order valence-electron chi connectivity index (χ1n) is 10.2. The average molecular weight is 359 g/mol. The van der Waals surface area contributed by atoms with Crippen molar-refractivity contribution >= 4 is 5.96 Å². The first-order valence-corrected chi connectivity index (χ1v) is 10.2. The van der Waals surface area contributed by atoms with Crippen LogP contribution in [0.4, 0.5) is 0 Å². The number of hydrogen-bond donors (Lipinski definition) is 2. The molecule has 0 spiro atoms. The van der Waals surface area contributed by atoms with E-state index in [1.807, 2.05) is 6.07 Å². The van der Waals surface area contributed by atoms with E-state index in [1.165, 1.54) is 37.7 Å². The van der Waals surface area contributed by atoms with Crippen molar-refractivity contribution in [1.29, 1.82) is 0 Å². The molecule has 0 aromatic heterocycles. The Bertz CT molecular complexity index is 579. The molecule has 1 unspecified atom stereocenters. The molecular formula is C21H34N4O. The van der Waals surface area contributed by atoms with Gasteiger partial charge in [0.1, 0.15) is 5.75 Å². The second-order valence-corrected chi connectivity index (χ2v) is 7.38. The zero-order valence-electron chi connectivity index (χ0n) is 16.3. The fraction of sp³-hybridized carbons (Fsp3) is 0.667. The van der Waals surface area contributed by atoms with Crippen LogP contribution in [0.15, 0.2) is 29.3 Å². The van der Waals surface area contributed by atoms with E-state index in [1.54, 1.807) is 7.11 Å². The Kier molecular flexibility index (Phi) is 7.18. The maximum Gasteiger partial charge on any atom is 0.191 e. The Morgan fingerprint density at radius 1 is 1.23 bits per heavy atom. The monoisotopic (exact) mass is 358 g/mol. The molecule has 1 saturated heterocycles. The van der Waals surface area contributed by atoms with Crippen molar-refractivity contribution < 1.29 is 4.74 Å². The van der Waals surface area contributed by atoms with E-state index in [-0.39, 0.29) is 6.04 Å². The van der Waals surface area contributed by atoms with Gasteiger partial charge in [0.25, 0.3) is 0 Å². The largest absolute Gasteiger partial charge is 0.496 e. The van der Waals surface area contributed by atoms with Gasteiger partial charge in [0.05, 0.1) is 19.7 Å². The normalized spacial score (nSPS) is 19.4. The summed E-state index contributed by atoms with van der Waals surface area (Å²) in [5, 5.41) is 6.90. The van der Waals surface area contributed by atoms with E-state index in [0.29, 0.717) is 0 Å². The standard InChI is InChI=1S/C21H34N4O/c1-3-22-21(23-13-12-17-10-11-17)24-16-19(25-14-6-7-15-25)18-8-4-5-9-20(18)26-2/h4-5,8-9,17,19H,3,6-7,10-16H2,1-2H3,(H2,22,23,24). The van der Waals surface area contributed by atoms with Crippen molar-refractivity contribution in [2.24, 2.45) is 10.9 Å². The van der Waals surface area contributed by atoms with Crippen LogP contribution >= 0.6 is 0 Å². The highest BCUT2D eigenvalue weighted by Gasteiger charge is 2.26. The summed E-state index contributed by atoms with van der Waals surface area (Å²) in [6, 6.07) is 8.65. The van der Waals surface area contributed by atoms with Crippen LogP contribution < -0.4 is 15.4 Å². The summed E-state index contributed by atoms with van der Waals surface area (Å²) >= 11 is 0. The number of nitrogens with zero attached hydrogens (tertiary/aromatic N) is 2. The van der Waals surface area contributed by atoms with Crippen LogP contribution in [-0.2, 0) is 0 Å². The fourth-order valence-electron chi connectivity index (χ4n) is 3.73. The van der Waals surface area contributed by atoms with Crippen molar-refractivity contribution in [1.82, 2.24) is 15.5 Å². The van der Waals surface area contributed by atoms with Gasteiger partial charge in [-0.25, -0.2) is 0 Å². The third-order valence-electron chi connectivity index (χ3n) is 5.39. The highest BCUT2D eigenvalue weighted by atomic mass is 16.5. The molecule has 1 aromatic rings. The zero-order valence-corrected chi connectivity index (χ0v) is 16.3. The van der Waals surface area contributed by atoms with Gasteiger partial charge in [-0.3, -0.25) is 9.89 Å². The molecule has 0 bridgehead atoms. The molecule has 5 heteroatoms. The number of hydrogen-bond acceptors (Lipinski definition) is 3. The number of guanidine groups is 1. The number of methoxy groups -OCH3 is 1. The van der Waals surface area contributed by atoms with Crippen molar-refractivity contribution in [3.63, 3.8) is 0 Å². The maximum atomic E-state index is 5.63. The van der Waals surface area contributed by atoms with E-state index in [4.69, 9.17) is 9.73 Å². The van der Waals surface area contributed by atoms with Crippen LogP contribution in [0.1, 0.15) is 50.6 Å². The molecule has 1 saturated carbocycles. The van der Waals surface area contributed by atoms with Gasteiger partial charge in [-0.05, 0) is 51.3 Å². The highest BCUT2D eigenvalue weighted by Crippen LogP contribution is 2.32. The molecule has 5 nitrogen and oxygen atoms in total. The predicted octanol–water partition coefficient (Wildman–Crippen LogP) is 3.19. The number of likely N-dealkylation sites (tertiary alicyclic amines) is 1. The number of nitrogens with one attached hydrogen (secondary N) is 2. The van der Waals surface area contributed by atoms with Crippen molar-refractivity contribution in [2.45, 2.75) is 45.1 Å². The Morgan fingerprint density at radius 2 is 2.00 bits per heavy atom. The molecule has 0 amide bonds. The van der Waals surface area contributed by atoms with Crippen LogP contribution in [0.5, 0.6) is 5.75 Å². The lowest BCUT2D eigenvalue weighted by Gasteiger charge is -2.28. The van der Waals surface area contributed by atoms with Crippen molar-refractivity contribution in [3.05, 3.63) is 29.8 Å². The van der Waals surface area contributed by atoms with E-state index in [9.17, 15) is 0 Å². The van der Waals surface area contributed by atoms with Gasteiger partial charge in [0.2, 0.25) is 0 Å². The predicted molar refractivity (Wildman–Crippen MR) is 108 cm³/mol. The summed E-state index contributed by atoms with van der Waals surface area (Å²) in [4.78, 5) is 7.48. The number of ether oxygens (including phenoxy) is 1. The van der Waals surface area contributed by atoms with Gasteiger partial charge in [-0.1, -0.05) is 31.0 Å². The quantitative estimate of drug-likeness (QED) is 0.526. The Morgan fingerprint density at radius 3 is 2.69 bits per heavy atom. The summed E-state index contributed by atoms with van der Waals surface area (Å²) < 4.78 is 5.63. The average Bonchev–Trinajstić information content (AvgIpc) is 3.33. The maximum absolute atomic E-state index is 5.63. The first kappa shape index (κ1) is 19.0. The minimum absolute atomic E-state index is 0.271. The van der Waals surface area contributed by atoms with E-state index >= 15 is 0 Å². The van der Waals surface area contributed by atoms with Gasteiger partial charge in [0.15, 0.2) is 5.96 Å². The summed E-state index contributed by atoms with van der Waals surface area (Å²) in [5.74, 6) is 2.84. The SMILES string of the molecule is CCNC(=NCC(c1ccccc1OC)N1CCCC1)NCCC1CC1. The second kappa shape index (κ2) is 9.81. The lowest BCUT2D eigenvalue weighted by atomic mass is 10.0. The molecule has 1 heterocycles. The second-order valence-electron chi connectivity index (χ2n) is 7.38. The third-order valence-corrected chi connectivity index (χ3v) is 5.39. The Hall–Kier alpha value is -1.75. The lowest BCUT2D eigenvalue weighted by Crippen LogP contribution is -2.39. The number of rotatable bonds is 9. The van der Waals surface area contributed by atoms with E-state index < -0.39 is 0 Å². The molecule has 1 aliphatic carbocycles. The van der Waals surface area contributed by atoms with Crippen LogP contribution in [0, 0.1) is 5.92 Å². The molecule has 1 aliphatic heterocycles. The Balaban J connectivity index is 1.70. The van der Waals surface area contributed by atoms with Gasteiger partial charge >= 0.3 is 0 Å². The molecule has 0 radical (unpaired) electrons. The summed E-state index contributed by atoms with van der Waals surface area (Å²) in [6.45, 7) is 7.06. The molecule has 1 aromatic carbocycles. The van der Waals surface area contributed by atoms with E-state index in [2.05, 4.69) is 40.7 Å². The minimum Gasteiger partial charge on any atom is -0.496 e. The van der Waals surface area contributed by atoms with Crippen LogP contribution in [-0.4, -0.2) is 50.7 Å². The van der Waals surface area contributed by atoms with Crippen LogP contribution in [0.25, 0.3) is 0 Å². The Labute approximate surface area is 158 Å². The molecule has 26 heavy (non-hydrogen) atoms. The molecule has 2 aliphatic rings. The zero-order chi connectivity index (χ0) is 18.2. The van der Waals surface area contributed by atoms with Crippen LogP contribution in [0.3, 0.4) is 0 Å². The molecule has 2 N–H and O–H groups in total. The smallest absolute Gasteiger partial charge is 0.191 e. The molecule has 144 valence electrons. The first-order chi connectivity index (χ1) is 12.8. The molecule has 3 rings (SSSR count). The van der Waals surface area contributed by atoms with Crippen LogP contribution in [0.2, 0.25) is 0 Å². The molecule has 2 fully saturated rings. The minimum atomic E-state index is 0.271. The summed E-state index contributed by atoms with van der Waals surface area (Å²) in [7, 11) is 1.76. The summed E-state index contributed by atoms with van der Waals surface area (Å²) in [5.41, 5.74) is 1.24. The summed E-state index contributed by atoms with van der Waals surface area (Å²) in [6.07, 6.45) is 6.61. The number of para-hydroxylation sites is 1. The number of aliphatic imine (C=N–C) groups is 1. The third kappa shape index (κ3) is 5.37. The van der Waals surface area contributed by atoms with Crippen molar-refractivity contribution in [2.75, 3.05) is 39.8 Å². The topological polar surface area (TPSA) is 48.9 Å². The highest BCUT2D eigenvalue weighted by molar-refractivity contribution is 5.79. The molecule has 1 atom stereocenters. The number of benzene rings is 1. The van der Waals surface area contributed by atoms with Gasteiger partial charge in [-0.2, -0.15) is 0 Å². The van der Waals surface area contributed by atoms with Gasteiger partial charge < -0.3 is 15.4 Å². The van der Waals surface area contributed by atoms with E-state index in [0.717, 1.165) is 50.4 Å². The van der Waals surface area contributed by atoms with Gasteiger partial charge in [0, 0.05) is 18.7 Å². The lowest BCUT2D eigenvalue weighted by molar-refractivity contribution is 0.245. The van der Waals surface area contributed by atoms with Gasteiger partial charge in [-0.15, -0.1) is 0 Å². The van der Waals surface area contributed by atoms with Crippen molar-refractivity contribution in [3.8, 4) is 5.75 Å².